The summed E-state index contributed by atoms with van der Waals surface area (Å²) in [6.07, 6.45) is 0. The van der Waals surface area contributed by atoms with Crippen LogP contribution in [0.4, 0.5) is 19.0 Å². The Bertz CT molecular complexity index is 667. The van der Waals surface area contributed by atoms with Crippen molar-refractivity contribution in [2.45, 2.75) is 13.8 Å². The first-order chi connectivity index (χ1) is 9.86. The van der Waals surface area contributed by atoms with Crippen LogP contribution in [0.15, 0.2) is 24.3 Å². The van der Waals surface area contributed by atoms with E-state index in [1.54, 1.807) is 6.07 Å². The van der Waals surface area contributed by atoms with E-state index >= 15 is 0 Å². The van der Waals surface area contributed by atoms with E-state index in [1.165, 1.54) is 0 Å². The van der Waals surface area contributed by atoms with Gasteiger partial charge in [-0.15, -0.1) is 5.56 Å². The first-order valence-electron chi connectivity index (χ1n) is 5.84. The number of anilines is 1. The predicted octanol–water partition coefficient (Wildman–Crippen LogP) is 3.96. The maximum Gasteiger partial charge on any atom is 2.00 e. The van der Waals surface area contributed by atoms with Gasteiger partial charge in [0.25, 0.3) is 0 Å². The molecule has 0 spiro atoms. The summed E-state index contributed by atoms with van der Waals surface area (Å²) in [6.45, 7) is 0.824. The average Bonchev–Trinajstić information content (AvgIpc) is 2.39. The molecule has 0 atom stereocenters. The first kappa shape index (κ1) is 20.0. The summed E-state index contributed by atoms with van der Waals surface area (Å²) in [5, 5.41) is 8.97. The molecule has 22 heavy (non-hydrogen) atoms. The number of nitrogens with two attached hydrogens (primary N) is 1. The van der Waals surface area contributed by atoms with E-state index in [1.807, 2.05) is 32.0 Å². The third kappa shape index (κ3) is 5.40. The van der Waals surface area contributed by atoms with E-state index < -0.39 is 6.68 Å². The number of aromatic nitrogens is 1. The molecule has 0 fully saturated rings. The molecule has 0 unspecified atom stereocenters. The van der Waals surface area contributed by atoms with Crippen molar-refractivity contribution in [3.8, 4) is 17.2 Å². The van der Waals surface area contributed by atoms with Crippen molar-refractivity contribution < 1.29 is 30.2 Å². The van der Waals surface area contributed by atoms with Gasteiger partial charge in [-0.2, -0.15) is 35.1 Å². The predicted molar refractivity (Wildman–Crippen MR) is 73.7 cm³/mol. The SMILES string of the molecule is Cc1cc[c-]cc1-c1cc(C#N)c(N)nc1C.F[C-](F)F.[Fe+2]. The number of halogens is 3. The summed E-state index contributed by atoms with van der Waals surface area (Å²) < 4.78 is 28.8. The first-order valence-corrected chi connectivity index (χ1v) is 5.84. The topological polar surface area (TPSA) is 62.7 Å². The fraction of sp³-hybridized carbons (Fsp3) is 0.133. The molecular weight excluding hydrogens is 335 g/mol. The summed E-state index contributed by atoms with van der Waals surface area (Å²) in [7, 11) is 0. The van der Waals surface area contributed by atoms with Gasteiger partial charge in [-0.1, -0.05) is 12.5 Å². The number of aryl methyl sites for hydroxylation is 2. The second-order valence-electron chi connectivity index (χ2n) is 4.12. The number of rotatable bonds is 1. The second-order valence-corrected chi connectivity index (χ2v) is 4.12. The van der Waals surface area contributed by atoms with Gasteiger partial charge >= 0.3 is 17.1 Å². The van der Waals surface area contributed by atoms with Crippen molar-refractivity contribution in [3.05, 3.63) is 53.8 Å². The van der Waals surface area contributed by atoms with Gasteiger partial charge < -0.3 is 18.9 Å². The molecule has 2 aromatic rings. The normalized spacial score (nSPS) is 9.32. The van der Waals surface area contributed by atoms with Crippen molar-refractivity contribution in [3.63, 3.8) is 0 Å². The molecule has 2 N–H and O–H groups in total. The Morgan fingerprint density at radius 1 is 1.27 bits per heavy atom. The summed E-state index contributed by atoms with van der Waals surface area (Å²) in [4.78, 5) is 4.20. The summed E-state index contributed by atoms with van der Waals surface area (Å²) in [6, 6.07) is 12.6. The van der Waals surface area contributed by atoms with Crippen LogP contribution >= 0.6 is 0 Å². The van der Waals surface area contributed by atoms with Crippen LogP contribution < -0.4 is 5.73 Å². The molecule has 0 bridgehead atoms. The van der Waals surface area contributed by atoms with Crippen LogP contribution in [0.1, 0.15) is 16.8 Å². The Morgan fingerprint density at radius 2 is 1.86 bits per heavy atom. The molecule has 2 rings (SSSR count). The summed E-state index contributed by atoms with van der Waals surface area (Å²) in [5.74, 6) is 0.284. The van der Waals surface area contributed by atoms with Gasteiger partial charge in [-0.25, -0.2) is 4.98 Å². The van der Waals surface area contributed by atoms with Crippen LogP contribution in [0.25, 0.3) is 11.1 Å². The number of nitriles is 1. The maximum atomic E-state index is 9.58. The molecule has 116 valence electrons. The Hall–Kier alpha value is -2.03. The number of pyridine rings is 1. The van der Waals surface area contributed by atoms with Gasteiger partial charge in [0.05, 0.1) is 5.56 Å². The molecular formula is C15H12F3FeN3. The van der Waals surface area contributed by atoms with E-state index in [0.29, 0.717) is 5.56 Å². The maximum absolute atomic E-state index is 9.58. The van der Waals surface area contributed by atoms with Crippen LogP contribution in [-0.4, -0.2) is 4.98 Å². The van der Waals surface area contributed by atoms with Crippen LogP contribution in [-0.2, 0) is 17.1 Å². The number of hydrogen-bond donors (Lipinski definition) is 1. The molecule has 1 aromatic carbocycles. The van der Waals surface area contributed by atoms with Crippen molar-refractivity contribution >= 4 is 5.82 Å². The summed E-state index contributed by atoms with van der Waals surface area (Å²) in [5.41, 5.74) is 10.0. The van der Waals surface area contributed by atoms with Gasteiger partial charge in [0.2, 0.25) is 0 Å². The fourth-order valence-corrected chi connectivity index (χ4v) is 1.78. The quantitative estimate of drug-likeness (QED) is 0.627. The zero-order valence-corrected chi connectivity index (χ0v) is 12.9. The van der Waals surface area contributed by atoms with E-state index in [9.17, 15) is 13.2 Å². The zero-order chi connectivity index (χ0) is 16.0. The molecule has 3 nitrogen and oxygen atoms in total. The smallest absolute Gasteiger partial charge is 0.385 e. The zero-order valence-electron chi connectivity index (χ0n) is 11.8. The number of nitrogen functional groups attached to an aromatic ring is 1. The molecule has 0 radical (unpaired) electrons. The van der Waals surface area contributed by atoms with Crippen LogP contribution in [0, 0.1) is 37.9 Å². The standard InChI is InChI=1S/C14H12N3.CF3.Fe/c1-9-5-3-4-6-12(9)13-7-11(8-15)14(16)17-10(13)2;2-1(3)4;/h3,5-7H,1-2H3,(H2,16,17);;/q2*-1;+2. The van der Waals surface area contributed by atoms with Gasteiger partial charge in [0.1, 0.15) is 11.9 Å². The number of benzene rings is 1. The minimum atomic E-state index is -3.08. The van der Waals surface area contributed by atoms with Crippen LogP contribution in [0.5, 0.6) is 0 Å². The van der Waals surface area contributed by atoms with E-state index in [-0.39, 0.29) is 22.9 Å². The molecule has 0 aliphatic carbocycles. The molecule has 7 heteroatoms. The van der Waals surface area contributed by atoms with Crippen molar-refractivity contribution in [2.24, 2.45) is 0 Å². The number of hydrogen-bond acceptors (Lipinski definition) is 3. The van der Waals surface area contributed by atoms with E-state index in [4.69, 9.17) is 11.0 Å². The molecule has 0 aliphatic rings. The molecule has 0 saturated heterocycles. The molecule has 1 heterocycles. The van der Waals surface area contributed by atoms with Gasteiger partial charge in [-0.3, -0.25) is 0 Å². The fourth-order valence-electron chi connectivity index (χ4n) is 1.78. The summed E-state index contributed by atoms with van der Waals surface area (Å²) >= 11 is 0. The second kappa shape index (κ2) is 9.08. The van der Waals surface area contributed by atoms with E-state index in [2.05, 4.69) is 17.1 Å². The Balaban J connectivity index is 0.000000791. The van der Waals surface area contributed by atoms with Crippen LogP contribution in [0.2, 0.25) is 0 Å². The third-order valence-electron chi connectivity index (χ3n) is 2.74. The minimum absolute atomic E-state index is 0. The Kier molecular flexibility index (Phi) is 8.24. The van der Waals surface area contributed by atoms with Gasteiger partial charge in [0.15, 0.2) is 6.68 Å². The Labute approximate surface area is 137 Å². The average molecular weight is 347 g/mol. The number of nitrogens with zero attached hydrogens (tertiary/aromatic N) is 2. The van der Waals surface area contributed by atoms with Gasteiger partial charge in [-0.05, 0) is 13.0 Å². The monoisotopic (exact) mass is 347 g/mol. The molecule has 0 aliphatic heterocycles. The third-order valence-corrected chi connectivity index (χ3v) is 2.74. The van der Waals surface area contributed by atoms with Crippen molar-refractivity contribution in [1.82, 2.24) is 4.98 Å². The van der Waals surface area contributed by atoms with Crippen molar-refractivity contribution in [1.29, 1.82) is 5.26 Å². The largest absolute Gasteiger partial charge is 2.00 e. The Morgan fingerprint density at radius 3 is 2.36 bits per heavy atom. The minimum Gasteiger partial charge on any atom is -0.385 e. The molecule has 0 saturated carbocycles. The van der Waals surface area contributed by atoms with Gasteiger partial charge in [0, 0.05) is 5.69 Å². The molecule has 1 aromatic heterocycles. The molecule has 0 amide bonds. The van der Waals surface area contributed by atoms with Crippen LogP contribution in [0.3, 0.4) is 0 Å². The van der Waals surface area contributed by atoms with Crippen molar-refractivity contribution in [2.75, 3.05) is 5.73 Å². The van der Waals surface area contributed by atoms with E-state index in [0.717, 1.165) is 22.4 Å².